The van der Waals surface area contributed by atoms with E-state index >= 15 is 0 Å². The molecule has 0 saturated carbocycles. The van der Waals surface area contributed by atoms with Crippen LogP contribution in [0.25, 0.3) is 11.3 Å². The second kappa shape index (κ2) is 12.2. The number of aromatic nitrogens is 1. The molecule has 0 spiro atoms. The summed E-state index contributed by atoms with van der Waals surface area (Å²) in [6.07, 6.45) is 0.192. The fourth-order valence-electron chi connectivity index (χ4n) is 3.80. The average molecular weight is 516 g/mol. The number of benzene rings is 3. The van der Waals surface area contributed by atoms with E-state index in [4.69, 9.17) is 14.5 Å². The third-order valence-corrected chi connectivity index (χ3v) is 6.80. The molecule has 37 heavy (non-hydrogen) atoms. The molecule has 1 N–H and O–H groups in total. The Kier molecular flexibility index (Phi) is 8.53. The van der Waals surface area contributed by atoms with Crippen LogP contribution >= 0.6 is 11.3 Å². The van der Waals surface area contributed by atoms with E-state index in [-0.39, 0.29) is 24.8 Å². The highest BCUT2D eigenvalue weighted by Gasteiger charge is 2.27. The molecular formula is C29H29N3O4S. The van der Waals surface area contributed by atoms with Gasteiger partial charge in [0.15, 0.2) is 0 Å². The van der Waals surface area contributed by atoms with Gasteiger partial charge in [0, 0.05) is 16.6 Å². The van der Waals surface area contributed by atoms with Crippen LogP contribution in [0.1, 0.15) is 17.5 Å². The normalized spacial score (nSPS) is 11.4. The largest absolute Gasteiger partial charge is 0.497 e. The summed E-state index contributed by atoms with van der Waals surface area (Å²) >= 11 is 1.46. The van der Waals surface area contributed by atoms with E-state index < -0.39 is 6.04 Å². The number of nitrogens with one attached hydrogen (secondary N) is 1. The quantitative estimate of drug-likeness (QED) is 0.305. The molecule has 4 rings (SSSR count). The molecule has 4 aromatic rings. The van der Waals surface area contributed by atoms with E-state index in [0.29, 0.717) is 11.4 Å². The highest BCUT2D eigenvalue weighted by Crippen LogP contribution is 2.26. The number of carbonyl (C=O) groups is 2. The summed E-state index contributed by atoms with van der Waals surface area (Å²) in [6.45, 7) is 1.96. The fourth-order valence-corrected chi connectivity index (χ4v) is 4.60. The Morgan fingerprint density at radius 2 is 1.54 bits per heavy atom. The van der Waals surface area contributed by atoms with Crippen molar-refractivity contribution in [2.24, 2.45) is 0 Å². The molecule has 7 nitrogen and oxygen atoms in total. The Hall–Kier alpha value is -4.17. The lowest BCUT2D eigenvalue weighted by Crippen LogP contribution is -2.45. The van der Waals surface area contributed by atoms with Gasteiger partial charge in [0.25, 0.3) is 0 Å². The molecule has 1 heterocycles. The first-order chi connectivity index (χ1) is 18.0. The Labute approximate surface area is 220 Å². The first-order valence-corrected chi connectivity index (χ1v) is 12.7. The predicted molar refractivity (Wildman–Crippen MR) is 146 cm³/mol. The standard InChI is InChI=1S/C29H29N3O4S/c1-20(29(34)30-23-11-15-25(36-3)16-12-23)32(28(33)17-21-7-5-4-6-8-21)18-27-31-26(19-37-27)22-9-13-24(35-2)14-10-22/h4-16,19-20H,17-18H2,1-3H3,(H,30,34). The van der Waals surface area contributed by atoms with Crippen LogP contribution in [0.3, 0.4) is 0 Å². The molecule has 0 radical (unpaired) electrons. The maximum absolute atomic E-state index is 13.4. The molecule has 0 aliphatic heterocycles. The number of rotatable bonds is 10. The monoisotopic (exact) mass is 515 g/mol. The summed E-state index contributed by atoms with van der Waals surface area (Å²) in [4.78, 5) is 33.0. The van der Waals surface area contributed by atoms with Gasteiger partial charge in [-0.15, -0.1) is 11.3 Å². The van der Waals surface area contributed by atoms with E-state index in [1.807, 2.05) is 60.0 Å². The van der Waals surface area contributed by atoms with Gasteiger partial charge in [-0.05, 0) is 61.0 Å². The van der Waals surface area contributed by atoms with Crippen molar-refractivity contribution >= 4 is 28.8 Å². The third kappa shape index (κ3) is 6.74. The van der Waals surface area contributed by atoms with Crippen LogP contribution in [0.15, 0.2) is 84.2 Å². The van der Waals surface area contributed by atoms with Crippen LogP contribution in [0, 0.1) is 0 Å². The highest BCUT2D eigenvalue weighted by molar-refractivity contribution is 7.09. The number of amides is 2. The van der Waals surface area contributed by atoms with Crippen LogP contribution in [-0.4, -0.2) is 42.0 Å². The van der Waals surface area contributed by atoms with Crippen molar-refractivity contribution in [3.8, 4) is 22.8 Å². The zero-order chi connectivity index (χ0) is 26.2. The molecule has 0 bridgehead atoms. The van der Waals surface area contributed by atoms with Gasteiger partial charge in [0.2, 0.25) is 11.8 Å². The summed E-state index contributed by atoms with van der Waals surface area (Å²) < 4.78 is 10.4. The number of hydrogen-bond acceptors (Lipinski definition) is 6. The minimum absolute atomic E-state index is 0.148. The lowest BCUT2D eigenvalue weighted by Gasteiger charge is -2.28. The topological polar surface area (TPSA) is 80.8 Å². The Morgan fingerprint density at radius 3 is 2.16 bits per heavy atom. The zero-order valence-corrected chi connectivity index (χ0v) is 21.8. The van der Waals surface area contributed by atoms with Crippen molar-refractivity contribution in [2.75, 3.05) is 19.5 Å². The molecule has 1 unspecified atom stereocenters. The fraction of sp³-hybridized carbons (Fsp3) is 0.207. The second-order valence-corrected chi connectivity index (χ2v) is 9.38. The van der Waals surface area contributed by atoms with E-state index in [1.165, 1.54) is 11.3 Å². The Morgan fingerprint density at radius 1 is 0.919 bits per heavy atom. The van der Waals surface area contributed by atoms with Crippen molar-refractivity contribution in [1.82, 2.24) is 9.88 Å². The van der Waals surface area contributed by atoms with Crippen molar-refractivity contribution in [3.05, 3.63) is 94.8 Å². The maximum atomic E-state index is 13.4. The van der Waals surface area contributed by atoms with Gasteiger partial charge in [0.1, 0.15) is 22.5 Å². The van der Waals surface area contributed by atoms with E-state index in [1.54, 1.807) is 50.3 Å². The smallest absolute Gasteiger partial charge is 0.246 e. The number of hydrogen-bond donors (Lipinski definition) is 1. The number of thiazole rings is 1. The molecule has 0 saturated heterocycles. The molecule has 0 aliphatic carbocycles. The van der Waals surface area contributed by atoms with E-state index in [2.05, 4.69) is 5.32 Å². The molecule has 0 aliphatic rings. The average Bonchev–Trinajstić information content (AvgIpc) is 3.41. The van der Waals surface area contributed by atoms with E-state index in [0.717, 1.165) is 27.6 Å². The number of anilines is 1. The van der Waals surface area contributed by atoms with Crippen LogP contribution in [0.5, 0.6) is 11.5 Å². The number of methoxy groups -OCH3 is 2. The second-order valence-electron chi connectivity index (χ2n) is 8.43. The lowest BCUT2D eigenvalue weighted by atomic mass is 10.1. The summed E-state index contributed by atoms with van der Waals surface area (Å²) in [6, 6.07) is 23.5. The highest BCUT2D eigenvalue weighted by atomic mass is 32.1. The molecule has 8 heteroatoms. The first kappa shape index (κ1) is 25.9. The van der Waals surface area contributed by atoms with Gasteiger partial charge in [-0.2, -0.15) is 0 Å². The molecule has 0 fully saturated rings. The first-order valence-electron chi connectivity index (χ1n) is 11.8. The van der Waals surface area contributed by atoms with Gasteiger partial charge in [-0.3, -0.25) is 9.59 Å². The predicted octanol–water partition coefficient (Wildman–Crippen LogP) is 5.43. The summed E-state index contributed by atoms with van der Waals surface area (Å²) in [7, 11) is 3.22. The lowest BCUT2D eigenvalue weighted by molar-refractivity contribution is -0.138. The van der Waals surface area contributed by atoms with Gasteiger partial charge in [-0.25, -0.2) is 4.98 Å². The Bertz CT molecular complexity index is 1320. The SMILES string of the molecule is COc1ccc(NC(=O)C(C)N(Cc2nc(-c3ccc(OC)cc3)cs2)C(=O)Cc2ccccc2)cc1. The maximum Gasteiger partial charge on any atom is 0.246 e. The van der Waals surface area contributed by atoms with Gasteiger partial charge >= 0.3 is 0 Å². The Balaban J connectivity index is 1.53. The number of nitrogens with zero attached hydrogens (tertiary/aromatic N) is 2. The molecule has 2 amide bonds. The summed E-state index contributed by atoms with van der Waals surface area (Å²) in [5.41, 5.74) is 3.28. The molecular weight excluding hydrogens is 486 g/mol. The van der Waals surface area contributed by atoms with Gasteiger partial charge < -0.3 is 19.7 Å². The summed E-state index contributed by atoms with van der Waals surface area (Å²) in [5.74, 6) is 1.04. The number of ether oxygens (including phenoxy) is 2. The minimum Gasteiger partial charge on any atom is -0.497 e. The van der Waals surface area contributed by atoms with Gasteiger partial charge in [-0.1, -0.05) is 30.3 Å². The van der Waals surface area contributed by atoms with Crippen molar-refractivity contribution in [1.29, 1.82) is 0 Å². The van der Waals surface area contributed by atoms with Crippen LogP contribution in [-0.2, 0) is 22.6 Å². The van der Waals surface area contributed by atoms with Crippen molar-refractivity contribution in [2.45, 2.75) is 25.9 Å². The molecule has 1 atom stereocenters. The van der Waals surface area contributed by atoms with Crippen LogP contribution in [0.2, 0.25) is 0 Å². The molecule has 3 aromatic carbocycles. The van der Waals surface area contributed by atoms with Crippen molar-refractivity contribution < 1.29 is 19.1 Å². The third-order valence-electron chi connectivity index (χ3n) is 5.97. The van der Waals surface area contributed by atoms with Gasteiger partial charge in [0.05, 0.1) is 32.9 Å². The molecule has 190 valence electrons. The summed E-state index contributed by atoms with van der Waals surface area (Å²) in [5, 5.41) is 5.61. The van der Waals surface area contributed by atoms with Crippen LogP contribution in [0.4, 0.5) is 5.69 Å². The molecule has 1 aromatic heterocycles. The van der Waals surface area contributed by atoms with Crippen LogP contribution < -0.4 is 14.8 Å². The number of carbonyl (C=O) groups excluding carboxylic acids is 2. The minimum atomic E-state index is -0.716. The van der Waals surface area contributed by atoms with Crippen molar-refractivity contribution in [3.63, 3.8) is 0 Å². The zero-order valence-electron chi connectivity index (χ0n) is 21.0. The van der Waals surface area contributed by atoms with E-state index in [9.17, 15) is 9.59 Å².